The van der Waals surface area contributed by atoms with Crippen LogP contribution in [0.4, 0.5) is 13.2 Å². The smallest absolute Gasteiger partial charge is 0.417 e. The molecule has 1 amide bonds. The normalized spacial score (nSPS) is 20.4. The lowest BCUT2D eigenvalue weighted by atomic mass is 9.90. The maximum absolute atomic E-state index is 12.9. The van der Waals surface area contributed by atoms with Gasteiger partial charge in [0.15, 0.2) is 6.10 Å². The van der Waals surface area contributed by atoms with E-state index in [4.69, 9.17) is 10.00 Å². The molecule has 0 saturated heterocycles. The number of benzene rings is 1. The Labute approximate surface area is 118 Å². The molecule has 1 atom stereocenters. The number of nitrogens with zero attached hydrogens (tertiary/aromatic N) is 2. The monoisotopic (exact) mass is 296 g/mol. The summed E-state index contributed by atoms with van der Waals surface area (Å²) in [7, 11) is 0. The van der Waals surface area contributed by atoms with Gasteiger partial charge in [-0.05, 0) is 18.2 Å². The molecule has 1 aliphatic heterocycles. The molecule has 21 heavy (non-hydrogen) atoms. The van der Waals surface area contributed by atoms with E-state index in [1.807, 2.05) is 0 Å². The van der Waals surface area contributed by atoms with Crippen LogP contribution in [0.2, 0.25) is 0 Å². The molecule has 0 N–H and O–H groups in total. The Bertz CT molecular complexity index is 657. The average Bonchev–Trinajstić information content (AvgIpc) is 2.64. The molecule has 1 aromatic rings. The van der Waals surface area contributed by atoms with Crippen LogP contribution in [0.25, 0.3) is 0 Å². The summed E-state index contributed by atoms with van der Waals surface area (Å²) in [4.78, 5) is 15.2. The first kappa shape index (κ1) is 15.0. The fourth-order valence-corrected chi connectivity index (χ4v) is 1.95. The van der Waals surface area contributed by atoms with E-state index in [1.165, 1.54) is 18.4 Å². The fraction of sp³-hybridized carbons (Fsp3) is 0.357. The molecule has 1 unspecified atom stereocenters. The van der Waals surface area contributed by atoms with Gasteiger partial charge >= 0.3 is 6.18 Å². The molecule has 0 spiro atoms. The van der Waals surface area contributed by atoms with Gasteiger partial charge in [-0.3, -0.25) is 4.79 Å². The van der Waals surface area contributed by atoms with Crippen molar-refractivity contribution < 1.29 is 22.7 Å². The molecule has 0 aromatic heterocycles. The number of halogens is 3. The van der Waals surface area contributed by atoms with E-state index in [-0.39, 0.29) is 5.75 Å². The number of hydrogen-bond donors (Lipinski definition) is 0. The van der Waals surface area contributed by atoms with Gasteiger partial charge in [-0.15, -0.1) is 0 Å². The Balaban J connectivity index is 2.35. The van der Waals surface area contributed by atoms with Crippen molar-refractivity contribution in [3.63, 3.8) is 0 Å². The van der Waals surface area contributed by atoms with Crippen molar-refractivity contribution in [1.29, 1.82) is 5.26 Å². The summed E-state index contributed by atoms with van der Waals surface area (Å²) in [6, 6.07) is 4.45. The van der Waals surface area contributed by atoms with Crippen LogP contribution in [0.15, 0.2) is 23.2 Å². The number of carbonyl (C=O) groups is 1. The molecule has 0 bridgehead atoms. The molecule has 1 aliphatic rings. The Kier molecular flexibility index (Phi) is 3.49. The van der Waals surface area contributed by atoms with Crippen LogP contribution in [-0.4, -0.2) is 18.2 Å². The zero-order valence-electron chi connectivity index (χ0n) is 11.2. The van der Waals surface area contributed by atoms with Crippen molar-refractivity contribution in [3.8, 4) is 11.8 Å². The number of ether oxygens (including phenoxy) is 1. The summed E-state index contributed by atoms with van der Waals surface area (Å²) in [5, 5.41) is 8.72. The molecular formula is C14H11F3N2O2. The molecule has 0 radical (unpaired) electrons. The predicted molar refractivity (Wildman–Crippen MR) is 67.9 cm³/mol. The molecule has 0 saturated carbocycles. The van der Waals surface area contributed by atoms with Gasteiger partial charge in [0.1, 0.15) is 5.75 Å². The molecule has 0 fully saturated rings. The number of hydrogen-bond acceptors (Lipinski definition) is 3. The van der Waals surface area contributed by atoms with E-state index >= 15 is 0 Å². The average molecular weight is 296 g/mol. The maximum atomic E-state index is 12.9. The third kappa shape index (κ3) is 2.89. The maximum Gasteiger partial charge on any atom is 0.417 e. The second-order valence-corrected chi connectivity index (χ2v) is 5.23. The van der Waals surface area contributed by atoms with E-state index in [0.29, 0.717) is 0 Å². The van der Waals surface area contributed by atoms with Crippen molar-refractivity contribution in [2.45, 2.75) is 26.1 Å². The SMILES string of the molecule is CC1(C)C=NC(=O)C1Oc1ccc(C#N)c(C(F)(F)F)c1. The summed E-state index contributed by atoms with van der Waals surface area (Å²) in [6.07, 6.45) is -4.24. The fourth-order valence-electron chi connectivity index (χ4n) is 1.95. The highest BCUT2D eigenvalue weighted by Crippen LogP contribution is 2.36. The molecule has 1 heterocycles. The van der Waals surface area contributed by atoms with Crippen molar-refractivity contribution in [3.05, 3.63) is 29.3 Å². The minimum Gasteiger partial charge on any atom is -0.480 e. The van der Waals surface area contributed by atoms with Crippen molar-refractivity contribution in [2.24, 2.45) is 10.4 Å². The molecule has 4 nitrogen and oxygen atoms in total. The van der Waals surface area contributed by atoms with Gasteiger partial charge in [0.05, 0.1) is 17.2 Å². The second kappa shape index (κ2) is 4.88. The summed E-state index contributed by atoms with van der Waals surface area (Å²) in [6.45, 7) is 3.39. The molecule has 2 rings (SSSR count). The number of aliphatic imine (C=N–C) groups is 1. The third-order valence-corrected chi connectivity index (χ3v) is 3.10. The van der Waals surface area contributed by atoms with Crippen LogP contribution in [0.5, 0.6) is 5.75 Å². The van der Waals surface area contributed by atoms with Crippen molar-refractivity contribution >= 4 is 12.1 Å². The quantitative estimate of drug-likeness (QED) is 0.843. The van der Waals surface area contributed by atoms with Crippen molar-refractivity contribution in [2.75, 3.05) is 0 Å². The third-order valence-electron chi connectivity index (χ3n) is 3.10. The van der Waals surface area contributed by atoms with E-state index in [0.717, 1.165) is 12.1 Å². The number of carbonyl (C=O) groups excluding carboxylic acids is 1. The molecule has 0 aliphatic carbocycles. The van der Waals surface area contributed by atoms with Gasteiger partial charge in [0.2, 0.25) is 0 Å². The van der Waals surface area contributed by atoms with Gasteiger partial charge in [0.25, 0.3) is 5.91 Å². The Morgan fingerprint density at radius 3 is 2.52 bits per heavy atom. The highest BCUT2D eigenvalue weighted by Gasteiger charge is 2.41. The highest BCUT2D eigenvalue weighted by atomic mass is 19.4. The largest absolute Gasteiger partial charge is 0.480 e. The molecular weight excluding hydrogens is 285 g/mol. The summed E-state index contributed by atoms with van der Waals surface area (Å²) < 4.78 is 43.9. The first-order chi connectivity index (χ1) is 9.65. The first-order valence-corrected chi connectivity index (χ1v) is 6.02. The lowest BCUT2D eigenvalue weighted by Gasteiger charge is -2.24. The Morgan fingerprint density at radius 2 is 2.05 bits per heavy atom. The zero-order chi connectivity index (χ0) is 15.8. The second-order valence-electron chi connectivity index (χ2n) is 5.23. The highest BCUT2D eigenvalue weighted by molar-refractivity contribution is 5.98. The molecule has 7 heteroatoms. The predicted octanol–water partition coefficient (Wildman–Crippen LogP) is 2.96. The number of rotatable bonds is 2. The Hall–Kier alpha value is -2.36. The van der Waals surface area contributed by atoms with Gasteiger partial charge in [-0.2, -0.15) is 18.4 Å². The van der Waals surface area contributed by atoms with Crippen LogP contribution in [0.3, 0.4) is 0 Å². The first-order valence-electron chi connectivity index (χ1n) is 6.02. The Morgan fingerprint density at radius 1 is 1.38 bits per heavy atom. The van der Waals surface area contributed by atoms with Crippen LogP contribution in [0, 0.1) is 16.7 Å². The van der Waals surface area contributed by atoms with Crippen LogP contribution in [-0.2, 0) is 11.0 Å². The van der Waals surface area contributed by atoms with Crippen LogP contribution in [0.1, 0.15) is 25.0 Å². The summed E-state index contributed by atoms with van der Waals surface area (Å²) in [5.41, 5.74) is -2.29. The zero-order valence-corrected chi connectivity index (χ0v) is 11.2. The number of amides is 1. The minimum atomic E-state index is -4.67. The minimum absolute atomic E-state index is 0.127. The summed E-state index contributed by atoms with van der Waals surface area (Å²) >= 11 is 0. The van der Waals surface area contributed by atoms with Gasteiger partial charge in [-0.25, -0.2) is 4.99 Å². The summed E-state index contributed by atoms with van der Waals surface area (Å²) in [5.74, 6) is -0.670. The lowest BCUT2D eigenvalue weighted by molar-refractivity contribution is -0.137. The number of nitriles is 1. The van der Waals surface area contributed by atoms with Crippen LogP contribution >= 0.6 is 0 Å². The lowest BCUT2D eigenvalue weighted by Crippen LogP contribution is -2.36. The van der Waals surface area contributed by atoms with E-state index in [1.54, 1.807) is 13.8 Å². The van der Waals surface area contributed by atoms with E-state index in [2.05, 4.69) is 4.99 Å². The van der Waals surface area contributed by atoms with E-state index in [9.17, 15) is 18.0 Å². The van der Waals surface area contributed by atoms with Gasteiger partial charge in [0, 0.05) is 11.6 Å². The van der Waals surface area contributed by atoms with Gasteiger partial charge < -0.3 is 4.74 Å². The molecule has 110 valence electrons. The van der Waals surface area contributed by atoms with Crippen molar-refractivity contribution in [1.82, 2.24) is 0 Å². The van der Waals surface area contributed by atoms with Crippen LogP contribution < -0.4 is 4.74 Å². The molecule has 1 aromatic carbocycles. The topological polar surface area (TPSA) is 62.4 Å². The number of alkyl halides is 3. The van der Waals surface area contributed by atoms with Gasteiger partial charge in [-0.1, -0.05) is 13.8 Å². The standard InChI is InChI=1S/C14H11F3N2O2/c1-13(2)7-19-12(20)11(13)21-9-4-3-8(6-18)10(5-9)14(15,16)17/h3-5,7,11H,1-2H3. The van der Waals surface area contributed by atoms with E-state index < -0.39 is 34.7 Å².